The number of alkyl carbamates (subject to hydrolysis) is 1. The summed E-state index contributed by atoms with van der Waals surface area (Å²) in [6.45, 7) is -0.404. The molecule has 0 aliphatic heterocycles. The molecule has 8 heteroatoms. The molecule has 0 radical (unpaired) electrons. The van der Waals surface area contributed by atoms with Crippen LogP contribution in [0.1, 0.15) is 29.9 Å². The zero-order valence-electron chi connectivity index (χ0n) is 17.3. The van der Waals surface area contributed by atoms with Crippen LogP contribution in [0.5, 0.6) is 0 Å². The first-order valence-electron chi connectivity index (χ1n) is 10.4. The number of aliphatic carboxylic acids is 1. The standard InChI is InChI=1S/C24H24N2O6/c27-22(28)14-32-26-23(29)15-6-5-7-16(12-15)25-24(30)31-13-21-19-10-3-1-8-17(19)18-9-2-4-11-20(18)21/h1-5,7-11,15-16,21H,6,12-14H2,(H,25,30)(H,26,29)(H,27,28). The summed E-state index contributed by atoms with van der Waals surface area (Å²) in [5.74, 6) is -2.06. The third kappa shape index (κ3) is 4.81. The maximum atomic E-state index is 12.5. The van der Waals surface area contributed by atoms with E-state index in [4.69, 9.17) is 9.84 Å². The molecule has 2 amide bonds. The van der Waals surface area contributed by atoms with Crippen molar-refractivity contribution in [1.82, 2.24) is 10.8 Å². The Morgan fingerprint density at radius 2 is 1.66 bits per heavy atom. The number of carbonyl (C=O) groups is 3. The van der Waals surface area contributed by atoms with Crippen molar-refractivity contribution in [2.45, 2.75) is 24.8 Å². The van der Waals surface area contributed by atoms with Gasteiger partial charge in [0.1, 0.15) is 6.61 Å². The van der Waals surface area contributed by atoms with E-state index in [2.05, 4.69) is 39.9 Å². The van der Waals surface area contributed by atoms with E-state index in [0.29, 0.717) is 12.8 Å². The van der Waals surface area contributed by atoms with Gasteiger partial charge in [-0.15, -0.1) is 0 Å². The van der Waals surface area contributed by atoms with E-state index in [1.807, 2.05) is 30.3 Å². The average Bonchev–Trinajstić information content (AvgIpc) is 3.11. The van der Waals surface area contributed by atoms with E-state index in [1.54, 1.807) is 6.08 Å². The molecule has 0 fully saturated rings. The van der Waals surface area contributed by atoms with Crippen LogP contribution in [0.2, 0.25) is 0 Å². The highest BCUT2D eigenvalue weighted by atomic mass is 16.7. The number of ether oxygens (including phenoxy) is 1. The number of nitrogens with one attached hydrogen (secondary N) is 2. The van der Waals surface area contributed by atoms with E-state index in [1.165, 1.54) is 0 Å². The van der Waals surface area contributed by atoms with Crippen molar-refractivity contribution >= 4 is 18.0 Å². The van der Waals surface area contributed by atoms with Gasteiger partial charge < -0.3 is 15.2 Å². The molecule has 0 saturated heterocycles. The fraction of sp³-hybridized carbons (Fsp3) is 0.292. The minimum Gasteiger partial charge on any atom is -0.479 e. The molecule has 0 heterocycles. The Labute approximate surface area is 185 Å². The Morgan fingerprint density at radius 3 is 2.31 bits per heavy atom. The smallest absolute Gasteiger partial charge is 0.407 e. The minimum atomic E-state index is -1.18. The average molecular weight is 436 g/mol. The number of hydrogen-bond acceptors (Lipinski definition) is 5. The first-order chi connectivity index (χ1) is 15.5. The van der Waals surface area contributed by atoms with E-state index in [9.17, 15) is 14.4 Å². The lowest BCUT2D eigenvalue weighted by Crippen LogP contribution is -2.41. The van der Waals surface area contributed by atoms with Crippen LogP contribution in [0.15, 0.2) is 60.7 Å². The summed E-state index contributed by atoms with van der Waals surface area (Å²) in [7, 11) is 0. The second-order valence-electron chi connectivity index (χ2n) is 7.82. The number of carbonyl (C=O) groups excluding carboxylic acids is 2. The lowest BCUT2D eigenvalue weighted by atomic mass is 9.90. The summed E-state index contributed by atoms with van der Waals surface area (Å²) in [6.07, 6.45) is 3.92. The normalized spacial score (nSPS) is 19.0. The van der Waals surface area contributed by atoms with Gasteiger partial charge in [0, 0.05) is 11.8 Å². The Kier molecular flexibility index (Phi) is 6.51. The van der Waals surface area contributed by atoms with Crippen LogP contribution in [-0.4, -0.2) is 42.3 Å². The Hall–Kier alpha value is -3.65. The van der Waals surface area contributed by atoms with Gasteiger partial charge in [-0.25, -0.2) is 15.1 Å². The van der Waals surface area contributed by atoms with Crippen LogP contribution in [0.3, 0.4) is 0 Å². The van der Waals surface area contributed by atoms with Crippen molar-refractivity contribution in [1.29, 1.82) is 0 Å². The zero-order valence-corrected chi connectivity index (χ0v) is 17.3. The number of amides is 2. The third-order valence-electron chi connectivity index (χ3n) is 5.71. The van der Waals surface area contributed by atoms with Gasteiger partial charge in [0.15, 0.2) is 6.61 Å². The maximum absolute atomic E-state index is 12.5. The highest BCUT2D eigenvalue weighted by Crippen LogP contribution is 2.44. The molecule has 3 N–H and O–H groups in total. The fourth-order valence-electron chi connectivity index (χ4n) is 4.25. The molecule has 2 aromatic carbocycles. The topological polar surface area (TPSA) is 114 Å². The molecule has 2 aromatic rings. The molecule has 0 spiro atoms. The van der Waals surface area contributed by atoms with Crippen molar-refractivity contribution in [3.05, 3.63) is 71.8 Å². The molecule has 2 atom stereocenters. The molecule has 2 unspecified atom stereocenters. The van der Waals surface area contributed by atoms with Gasteiger partial charge in [-0.2, -0.15) is 0 Å². The van der Waals surface area contributed by atoms with Gasteiger partial charge in [0.25, 0.3) is 0 Å². The number of benzene rings is 2. The summed E-state index contributed by atoms with van der Waals surface area (Å²) in [4.78, 5) is 39.7. The first kappa shape index (κ1) is 21.6. The predicted molar refractivity (Wildman–Crippen MR) is 116 cm³/mol. The van der Waals surface area contributed by atoms with Crippen LogP contribution < -0.4 is 10.8 Å². The van der Waals surface area contributed by atoms with E-state index >= 15 is 0 Å². The predicted octanol–water partition coefficient (Wildman–Crippen LogP) is 2.99. The van der Waals surface area contributed by atoms with Crippen molar-refractivity contribution in [3.8, 4) is 11.1 Å². The van der Waals surface area contributed by atoms with Crippen molar-refractivity contribution in [2.75, 3.05) is 13.2 Å². The van der Waals surface area contributed by atoms with Crippen LogP contribution in [0.4, 0.5) is 4.79 Å². The summed E-state index contributed by atoms with van der Waals surface area (Å²) < 4.78 is 5.55. The number of carboxylic acids is 1. The Morgan fingerprint density at radius 1 is 1.00 bits per heavy atom. The molecule has 0 aromatic heterocycles. The van der Waals surface area contributed by atoms with Crippen molar-refractivity contribution in [3.63, 3.8) is 0 Å². The molecule has 4 rings (SSSR count). The van der Waals surface area contributed by atoms with E-state index < -0.39 is 30.5 Å². The van der Waals surface area contributed by atoms with Crippen LogP contribution in [-0.2, 0) is 19.2 Å². The number of hydroxylamine groups is 1. The molecule has 2 aliphatic rings. The summed E-state index contributed by atoms with van der Waals surface area (Å²) in [5, 5.41) is 11.4. The molecule has 32 heavy (non-hydrogen) atoms. The van der Waals surface area contributed by atoms with Gasteiger partial charge >= 0.3 is 12.1 Å². The zero-order chi connectivity index (χ0) is 22.5. The van der Waals surface area contributed by atoms with Gasteiger partial charge in [-0.3, -0.25) is 9.63 Å². The van der Waals surface area contributed by atoms with Crippen LogP contribution in [0.25, 0.3) is 11.1 Å². The monoisotopic (exact) mass is 436 g/mol. The lowest BCUT2D eigenvalue weighted by molar-refractivity contribution is -0.150. The molecule has 2 aliphatic carbocycles. The first-order valence-corrected chi connectivity index (χ1v) is 10.4. The molecular formula is C24H24N2O6. The van der Waals surface area contributed by atoms with Crippen molar-refractivity contribution < 1.29 is 29.1 Å². The summed E-state index contributed by atoms with van der Waals surface area (Å²) in [5.41, 5.74) is 6.73. The third-order valence-corrected chi connectivity index (χ3v) is 5.71. The van der Waals surface area contributed by atoms with Gasteiger partial charge in [-0.1, -0.05) is 60.7 Å². The quantitative estimate of drug-likeness (QED) is 0.454. The second kappa shape index (κ2) is 9.65. The minimum absolute atomic E-state index is 0.0278. The Balaban J connectivity index is 1.31. The van der Waals surface area contributed by atoms with Crippen molar-refractivity contribution in [2.24, 2.45) is 5.92 Å². The van der Waals surface area contributed by atoms with E-state index in [0.717, 1.165) is 22.3 Å². The largest absolute Gasteiger partial charge is 0.479 e. The highest BCUT2D eigenvalue weighted by Gasteiger charge is 2.30. The van der Waals surface area contributed by atoms with Gasteiger partial charge in [0.2, 0.25) is 5.91 Å². The fourth-order valence-corrected chi connectivity index (χ4v) is 4.25. The molecule has 8 nitrogen and oxygen atoms in total. The number of fused-ring (bicyclic) bond motifs is 3. The Bertz CT molecular complexity index is 1000. The number of carboxylic acid groups (broad SMARTS) is 1. The lowest BCUT2D eigenvalue weighted by Gasteiger charge is -2.24. The number of rotatable bonds is 7. The maximum Gasteiger partial charge on any atom is 0.407 e. The summed E-state index contributed by atoms with van der Waals surface area (Å²) in [6, 6.07) is 15.9. The second-order valence-corrected chi connectivity index (χ2v) is 7.82. The number of allylic oxidation sites excluding steroid dienone is 1. The SMILES string of the molecule is O=C(O)CONC(=O)C1CC=CC(NC(=O)OCC2c3ccccc3-c3ccccc32)C1. The molecule has 0 bridgehead atoms. The van der Waals surface area contributed by atoms with Crippen LogP contribution in [0, 0.1) is 5.92 Å². The molecule has 166 valence electrons. The molecular weight excluding hydrogens is 412 g/mol. The number of hydrogen-bond donors (Lipinski definition) is 3. The van der Waals surface area contributed by atoms with Gasteiger partial charge in [-0.05, 0) is 35.1 Å². The highest BCUT2D eigenvalue weighted by molar-refractivity contribution is 5.80. The van der Waals surface area contributed by atoms with E-state index in [-0.39, 0.29) is 18.6 Å². The summed E-state index contributed by atoms with van der Waals surface area (Å²) >= 11 is 0. The van der Waals surface area contributed by atoms with Crippen LogP contribution >= 0.6 is 0 Å². The van der Waals surface area contributed by atoms with Gasteiger partial charge in [0.05, 0.1) is 6.04 Å². The molecule has 0 saturated carbocycles.